The van der Waals surface area contributed by atoms with Gasteiger partial charge in [0.15, 0.2) is 0 Å². The molecule has 1 aromatic heterocycles. The number of carbonyl (C=O) groups is 2. The quantitative estimate of drug-likeness (QED) is 0.453. The summed E-state index contributed by atoms with van der Waals surface area (Å²) in [5.74, 6) is 0.617. The average Bonchev–Trinajstić information content (AvgIpc) is 3.52. The summed E-state index contributed by atoms with van der Waals surface area (Å²) < 4.78 is 5.53. The van der Waals surface area contributed by atoms with Crippen molar-refractivity contribution in [2.45, 2.75) is 46.2 Å². The minimum atomic E-state index is -0.108. The molecule has 0 fully saturated rings. The molecule has 0 saturated heterocycles. The zero-order valence-corrected chi connectivity index (χ0v) is 22.3. The molecule has 37 heavy (non-hydrogen) atoms. The fourth-order valence-corrected chi connectivity index (χ4v) is 4.82. The summed E-state index contributed by atoms with van der Waals surface area (Å²) in [6.07, 6.45) is 4.78. The van der Waals surface area contributed by atoms with E-state index in [9.17, 15) is 9.59 Å². The highest BCUT2D eigenvalue weighted by molar-refractivity contribution is 5.81. The fraction of sp³-hybridized carbons (Fsp3) is 0.464. The van der Waals surface area contributed by atoms with Crippen molar-refractivity contribution in [1.29, 1.82) is 0 Å². The summed E-state index contributed by atoms with van der Waals surface area (Å²) in [6.45, 7) is 9.65. The maximum Gasteiger partial charge on any atom is 0.256 e. The van der Waals surface area contributed by atoms with Crippen LogP contribution in [-0.2, 0) is 22.7 Å². The Morgan fingerprint density at radius 2 is 1.86 bits per heavy atom. The molecule has 1 aliphatic carbocycles. The molecule has 2 N–H and O–H groups in total. The van der Waals surface area contributed by atoms with Crippen LogP contribution in [0.25, 0.3) is 0 Å². The number of nitrogens with one attached hydrogen (secondary N) is 2. The highest BCUT2D eigenvalue weighted by atomic mass is 16.5. The van der Waals surface area contributed by atoms with E-state index in [2.05, 4.69) is 34.0 Å². The Hall–Kier alpha value is -3.43. The van der Waals surface area contributed by atoms with Crippen molar-refractivity contribution in [3.63, 3.8) is 0 Å². The second kappa shape index (κ2) is 12.2. The Kier molecular flexibility index (Phi) is 8.78. The molecular formula is C28H38N6O3. The first-order valence-corrected chi connectivity index (χ1v) is 13.0. The van der Waals surface area contributed by atoms with Gasteiger partial charge in [-0.1, -0.05) is 48.5 Å². The highest BCUT2D eigenvalue weighted by Crippen LogP contribution is 2.33. The van der Waals surface area contributed by atoms with Gasteiger partial charge >= 0.3 is 0 Å². The molecule has 198 valence electrons. The van der Waals surface area contributed by atoms with Gasteiger partial charge in [0.2, 0.25) is 5.91 Å². The lowest BCUT2D eigenvalue weighted by Crippen LogP contribution is -2.48. The molecule has 1 unspecified atom stereocenters. The van der Waals surface area contributed by atoms with Crippen LogP contribution in [0.3, 0.4) is 0 Å². The van der Waals surface area contributed by atoms with Gasteiger partial charge in [0.05, 0.1) is 18.8 Å². The van der Waals surface area contributed by atoms with Crippen molar-refractivity contribution in [2.24, 2.45) is 0 Å². The van der Waals surface area contributed by atoms with Crippen molar-refractivity contribution >= 4 is 11.8 Å². The lowest BCUT2D eigenvalue weighted by atomic mass is 9.91. The summed E-state index contributed by atoms with van der Waals surface area (Å²) in [6, 6.07) is 10.2. The second-order valence-corrected chi connectivity index (χ2v) is 9.74. The van der Waals surface area contributed by atoms with E-state index in [1.807, 2.05) is 62.0 Å². The number of benzene rings is 1. The smallest absolute Gasteiger partial charge is 0.256 e. The number of allylic oxidation sites excluding steroid dienone is 4. The number of hydrogen-bond acceptors (Lipinski definition) is 7. The van der Waals surface area contributed by atoms with E-state index < -0.39 is 0 Å². The van der Waals surface area contributed by atoms with E-state index in [1.54, 1.807) is 5.01 Å². The summed E-state index contributed by atoms with van der Waals surface area (Å²) in [5.41, 5.74) is 5.31. The average molecular weight is 507 g/mol. The van der Waals surface area contributed by atoms with Crippen LogP contribution in [-0.4, -0.2) is 71.7 Å². The van der Waals surface area contributed by atoms with Gasteiger partial charge in [-0.15, -0.1) is 0 Å². The van der Waals surface area contributed by atoms with Crippen LogP contribution in [0.4, 0.5) is 0 Å². The Bertz CT molecular complexity index is 1150. The molecule has 0 bridgehead atoms. The van der Waals surface area contributed by atoms with Crippen LogP contribution < -0.4 is 10.6 Å². The summed E-state index contributed by atoms with van der Waals surface area (Å²) in [7, 11) is 1.81. The molecule has 0 radical (unpaired) electrons. The number of hydrazine groups is 1. The van der Waals surface area contributed by atoms with E-state index in [1.165, 1.54) is 11.1 Å². The van der Waals surface area contributed by atoms with Gasteiger partial charge in [-0.3, -0.25) is 14.6 Å². The second-order valence-electron chi connectivity index (χ2n) is 9.74. The van der Waals surface area contributed by atoms with Gasteiger partial charge in [-0.25, -0.2) is 5.01 Å². The molecule has 4 rings (SSSR count). The predicted octanol–water partition coefficient (Wildman–Crippen LogP) is 2.72. The Morgan fingerprint density at radius 3 is 2.51 bits per heavy atom. The number of rotatable bonds is 11. The Balaban J connectivity index is 1.48. The van der Waals surface area contributed by atoms with Gasteiger partial charge < -0.3 is 20.1 Å². The molecule has 1 aliphatic heterocycles. The van der Waals surface area contributed by atoms with Crippen molar-refractivity contribution in [2.75, 3.05) is 39.8 Å². The van der Waals surface area contributed by atoms with Crippen LogP contribution >= 0.6 is 0 Å². The summed E-state index contributed by atoms with van der Waals surface area (Å²) >= 11 is 0. The Labute approximate surface area is 219 Å². The summed E-state index contributed by atoms with van der Waals surface area (Å²) in [5, 5.41) is 14.0. The zero-order chi connectivity index (χ0) is 26.4. The monoisotopic (exact) mass is 506 g/mol. The van der Waals surface area contributed by atoms with Crippen LogP contribution in [0.15, 0.2) is 58.3 Å². The number of aromatic nitrogens is 1. The molecule has 2 aliphatic rings. The number of carbonyl (C=O) groups excluding carboxylic acids is 2. The van der Waals surface area contributed by atoms with Crippen LogP contribution in [0.5, 0.6) is 0 Å². The van der Waals surface area contributed by atoms with Crippen molar-refractivity contribution < 1.29 is 14.1 Å². The maximum absolute atomic E-state index is 13.5. The van der Waals surface area contributed by atoms with Crippen molar-refractivity contribution in [3.05, 3.63) is 76.3 Å². The molecule has 2 aromatic rings. The minimum absolute atomic E-state index is 0.000119. The minimum Gasteiger partial charge on any atom is -0.361 e. The standard InChI is InChI=1S/C28H38N6O3/c1-5-29-12-13-30-27(35)18-33(25-15-22(11-10-20(25)2)26-14-21(3)31-37-26)19-28(36)32(4)34-16-23-8-6-7-9-24(23)17-34/h6-11,14,22,29H,5,12-13,15-19H2,1-4H3,(H,30,35). The van der Waals surface area contributed by atoms with E-state index in [0.717, 1.165) is 29.3 Å². The SMILES string of the molecule is CCNCCNC(=O)CN(CC(=O)N(C)N1Cc2ccccc2C1)C1=C(C)C=CC(c2cc(C)no2)C1. The van der Waals surface area contributed by atoms with E-state index in [4.69, 9.17) is 4.52 Å². The molecule has 9 heteroatoms. The van der Waals surface area contributed by atoms with Gasteiger partial charge in [0.25, 0.3) is 5.91 Å². The molecule has 0 spiro atoms. The zero-order valence-electron chi connectivity index (χ0n) is 22.3. The number of hydrogen-bond donors (Lipinski definition) is 2. The van der Waals surface area contributed by atoms with E-state index in [-0.39, 0.29) is 30.8 Å². The third-order valence-electron chi connectivity index (χ3n) is 6.98. The number of amides is 2. The van der Waals surface area contributed by atoms with Crippen molar-refractivity contribution in [3.8, 4) is 0 Å². The van der Waals surface area contributed by atoms with Crippen molar-refractivity contribution in [1.82, 2.24) is 30.7 Å². The number of nitrogens with zero attached hydrogens (tertiary/aromatic N) is 4. The topological polar surface area (TPSA) is 93.9 Å². The molecule has 0 saturated carbocycles. The number of likely N-dealkylation sites (N-methyl/N-ethyl adjacent to an activating group) is 2. The molecule has 2 amide bonds. The highest BCUT2D eigenvalue weighted by Gasteiger charge is 2.29. The van der Waals surface area contributed by atoms with Crippen LogP contribution in [0.2, 0.25) is 0 Å². The first-order chi connectivity index (χ1) is 17.9. The van der Waals surface area contributed by atoms with Gasteiger partial charge in [-0.05, 0) is 37.1 Å². The van der Waals surface area contributed by atoms with Gasteiger partial charge in [-0.2, -0.15) is 0 Å². The lowest BCUT2D eigenvalue weighted by molar-refractivity contribution is -0.147. The molecule has 1 atom stereocenters. The predicted molar refractivity (Wildman–Crippen MR) is 142 cm³/mol. The maximum atomic E-state index is 13.5. The molecule has 9 nitrogen and oxygen atoms in total. The molecule has 2 heterocycles. The Morgan fingerprint density at radius 1 is 1.14 bits per heavy atom. The summed E-state index contributed by atoms with van der Waals surface area (Å²) in [4.78, 5) is 28.3. The largest absolute Gasteiger partial charge is 0.361 e. The van der Waals surface area contributed by atoms with Gasteiger partial charge in [0, 0.05) is 57.3 Å². The third-order valence-corrected chi connectivity index (χ3v) is 6.98. The fourth-order valence-electron chi connectivity index (χ4n) is 4.82. The molecule has 1 aromatic carbocycles. The number of fused-ring (bicyclic) bond motifs is 1. The van der Waals surface area contributed by atoms with Gasteiger partial charge in [0.1, 0.15) is 5.76 Å². The van der Waals surface area contributed by atoms with Crippen LogP contribution in [0, 0.1) is 6.92 Å². The first-order valence-electron chi connectivity index (χ1n) is 13.0. The van der Waals surface area contributed by atoms with Crippen LogP contribution in [0.1, 0.15) is 48.8 Å². The third kappa shape index (κ3) is 6.67. The number of aryl methyl sites for hydroxylation is 1. The van der Waals surface area contributed by atoms with E-state index >= 15 is 0 Å². The van der Waals surface area contributed by atoms with E-state index in [0.29, 0.717) is 32.6 Å². The first kappa shape index (κ1) is 26.6. The molecular weight excluding hydrogens is 468 g/mol. The lowest BCUT2D eigenvalue weighted by Gasteiger charge is -2.34. The normalized spacial score (nSPS) is 17.1.